The van der Waals surface area contributed by atoms with E-state index in [-0.39, 0.29) is 11.8 Å². The van der Waals surface area contributed by atoms with Crippen LogP contribution >= 0.6 is 0 Å². The van der Waals surface area contributed by atoms with Crippen LogP contribution in [0.4, 0.5) is 0 Å². The Labute approximate surface area is 183 Å². The molecule has 0 bridgehead atoms. The molecule has 31 heavy (non-hydrogen) atoms. The van der Waals surface area contributed by atoms with E-state index in [0.717, 1.165) is 53.3 Å². The fourth-order valence-electron chi connectivity index (χ4n) is 4.18. The third-order valence-corrected chi connectivity index (χ3v) is 5.94. The number of ether oxygens (including phenoxy) is 1. The highest BCUT2D eigenvalue weighted by molar-refractivity contribution is 5.92. The van der Waals surface area contributed by atoms with Crippen molar-refractivity contribution in [2.75, 3.05) is 20.2 Å². The summed E-state index contributed by atoms with van der Waals surface area (Å²) in [5, 5.41) is 7.24. The number of aromatic nitrogens is 3. The van der Waals surface area contributed by atoms with Crippen LogP contribution in [0.15, 0.2) is 42.5 Å². The summed E-state index contributed by atoms with van der Waals surface area (Å²) in [6.45, 7) is 7.62. The molecule has 162 valence electrons. The maximum absolute atomic E-state index is 13.0. The molecule has 3 heterocycles. The van der Waals surface area contributed by atoms with E-state index >= 15 is 0 Å². The summed E-state index contributed by atoms with van der Waals surface area (Å²) >= 11 is 0. The van der Waals surface area contributed by atoms with Crippen molar-refractivity contribution in [3.8, 4) is 16.9 Å². The summed E-state index contributed by atoms with van der Waals surface area (Å²) in [4.78, 5) is 19.8. The molecule has 1 aliphatic heterocycles. The maximum atomic E-state index is 13.0. The molecule has 6 heteroatoms. The maximum Gasteiger partial charge on any atom is 0.274 e. The second kappa shape index (κ2) is 8.92. The van der Waals surface area contributed by atoms with E-state index in [2.05, 4.69) is 42.2 Å². The van der Waals surface area contributed by atoms with Gasteiger partial charge in [-0.25, -0.2) is 0 Å². The summed E-state index contributed by atoms with van der Waals surface area (Å²) in [6.07, 6.45) is 1.98. The van der Waals surface area contributed by atoms with Gasteiger partial charge in [-0.3, -0.25) is 14.9 Å². The summed E-state index contributed by atoms with van der Waals surface area (Å²) in [6, 6.07) is 14.2. The van der Waals surface area contributed by atoms with E-state index in [9.17, 15) is 4.79 Å². The summed E-state index contributed by atoms with van der Waals surface area (Å²) in [7, 11) is 1.68. The quantitative estimate of drug-likeness (QED) is 0.638. The van der Waals surface area contributed by atoms with Crippen LogP contribution in [0.5, 0.6) is 5.75 Å². The van der Waals surface area contributed by atoms with Gasteiger partial charge in [0.05, 0.1) is 7.11 Å². The number of nitrogens with one attached hydrogen (secondary N) is 1. The van der Waals surface area contributed by atoms with Crippen LogP contribution in [0.1, 0.15) is 66.1 Å². The number of rotatable bonds is 5. The number of piperidine rings is 1. The van der Waals surface area contributed by atoms with Gasteiger partial charge in [0.15, 0.2) is 0 Å². The van der Waals surface area contributed by atoms with Gasteiger partial charge in [0.25, 0.3) is 5.91 Å². The van der Waals surface area contributed by atoms with Gasteiger partial charge >= 0.3 is 0 Å². The molecule has 1 N–H and O–H groups in total. The number of aryl methyl sites for hydroxylation is 1. The molecule has 6 nitrogen and oxygen atoms in total. The van der Waals surface area contributed by atoms with Crippen molar-refractivity contribution in [3.05, 3.63) is 65.2 Å². The lowest BCUT2D eigenvalue weighted by Gasteiger charge is -2.32. The Bertz CT molecular complexity index is 1070. The Morgan fingerprint density at radius 2 is 2.03 bits per heavy atom. The predicted molar refractivity (Wildman–Crippen MR) is 122 cm³/mol. The molecule has 4 rings (SSSR count). The molecule has 1 atom stereocenters. The van der Waals surface area contributed by atoms with Gasteiger partial charge in [0.1, 0.15) is 11.4 Å². The highest BCUT2D eigenvalue weighted by Gasteiger charge is 2.28. The Hall–Kier alpha value is -3.15. The first kappa shape index (κ1) is 21.1. The Morgan fingerprint density at radius 3 is 2.77 bits per heavy atom. The zero-order valence-corrected chi connectivity index (χ0v) is 18.7. The van der Waals surface area contributed by atoms with Crippen LogP contribution in [0.3, 0.4) is 0 Å². The molecule has 0 spiro atoms. The standard InChI is InChI=1S/C25H30N4O2/c1-16(2)22-14-24(28-27-22)25(30)29-10-6-8-19(15-29)23-13-20(11-17(3)26-23)18-7-5-9-21(12-18)31-4/h5,7,9,11-14,16,19H,6,8,10,15H2,1-4H3,(H,27,28). The number of methoxy groups -OCH3 is 1. The number of hydrogen-bond acceptors (Lipinski definition) is 4. The lowest BCUT2D eigenvalue weighted by atomic mass is 9.92. The van der Waals surface area contributed by atoms with Crippen LogP contribution in [0.2, 0.25) is 0 Å². The first-order chi connectivity index (χ1) is 14.9. The average Bonchev–Trinajstić information content (AvgIpc) is 3.29. The van der Waals surface area contributed by atoms with Crippen molar-refractivity contribution >= 4 is 5.91 Å². The average molecular weight is 419 g/mol. The molecular weight excluding hydrogens is 388 g/mol. The molecule has 1 aromatic carbocycles. The second-order valence-corrected chi connectivity index (χ2v) is 8.61. The fourth-order valence-corrected chi connectivity index (χ4v) is 4.18. The minimum Gasteiger partial charge on any atom is -0.497 e. The molecule has 3 aromatic rings. The predicted octanol–water partition coefficient (Wildman–Crippen LogP) is 4.93. The normalized spacial score (nSPS) is 16.5. The number of likely N-dealkylation sites (tertiary alicyclic amines) is 1. The first-order valence-corrected chi connectivity index (χ1v) is 10.9. The number of pyridine rings is 1. The SMILES string of the molecule is COc1cccc(-c2cc(C)nc(C3CCCN(C(=O)c4cc(C(C)C)[nH]n4)C3)c2)c1. The van der Waals surface area contributed by atoms with E-state index in [0.29, 0.717) is 18.2 Å². The van der Waals surface area contributed by atoms with Crippen LogP contribution in [0.25, 0.3) is 11.1 Å². The zero-order chi connectivity index (χ0) is 22.0. The third-order valence-electron chi connectivity index (χ3n) is 5.94. The van der Waals surface area contributed by atoms with E-state index in [4.69, 9.17) is 9.72 Å². The lowest BCUT2D eigenvalue weighted by Crippen LogP contribution is -2.39. The number of amides is 1. The molecule has 1 fully saturated rings. The number of hydrogen-bond donors (Lipinski definition) is 1. The Kier molecular flexibility index (Phi) is 6.07. The van der Waals surface area contributed by atoms with Gasteiger partial charge in [-0.15, -0.1) is 0 Å². The zero-order valence-electron chi connectivity index (χ0n) is 18.7. The number of carbonyl (C=O) groups is 1. The Morgan fingerprint density at radius 1 is 1.19 bits per heavy atom. The third kappa shape index (κ3) is 4.63. The summed E-state index contributed by atoms with van der Waals surface area (Å²) < 4.78 is 5.38. The monoisotopic (exact) mass is 418 g/mol. The number of benzene rings is 1. The molecule has 1 saturated heterocycles. The smallest absolute Gasteiger partial charge is 0.274 e. The van der Waals surface area contributed by atoms with Gasteiger partial charge in [0, 0.05) is 36.1 Å². The topological polar surface area (TPSA) is 71.1 Å². The van der Waals surface area contributed by atoms with Crippen LogP contribution in [0, 0.1) is 6.92 Å². The van der Waals surface area contributed by atoms with Crippen molar-refractivity contribution in [2.24, 2.45) is 0 Å². The van der Waals surface area contributed by atoms with Crippen molar-refractivity contribution in [2.45, 2.75) is 45.4 Å². The van der Waals surface area contributed by atoms with Gasteiger partial charge in [-0.05, 0) is 67.1 Å². The number of aromatic amines is 1. The minimum atomic E-state index is -0.00600. The largest absolute Gasteiger partial charge is 0.497 e. The summed E-state index contributed by atoms with van der Waals surface area (Å²) in [5.74, 6) is 1.36. The molecule has 1 unspecified atom stereocenters. The highest BCUT2D eigenvalue weighted by Crippen LogP contribution is 2.31. The van der Waals surface area contributed by atoms with E-state index < -0.39 is 0 Å². The van der Waals surface area contributed by atoms with Crippen molar-refractivity contribution in [1.82, 2.24) is 20.1 Å². The van der Waals surface area contributed by atoms with Crippen LogP contribution in [-0.2, 0) is 0 Å². The van der Waals surface area contributed by atoms with Gasteiger partial charge in [0.2, 0.25) is 0 Å². The van der Waals surface area contributed by atoms with Crippen LogP contribution < -0.4 is 4.74 Å². The van der Waals surface area contributed by atoms with E-state index in [1.807, 2.05) is 36.1 Å². The van der Waals surface area contributed by atoms with Gasteiger partial charge in [-0.2, -0.15) is 5.10 Å². The summed E-state index contributed by atoms with van der Waals surface area (Å²) in [5.41, 5.74) is 5.73. The molecule has 2 aromatic heterocycles. The van der Waals surface area contributed by atoms with Crippen molar-refractivity contribution in [1.29, 1.82) is 0 Å². The van der Waals surface area contributed by atoms with Crippen molar-refractivity contribution < 1.29 is 9.53 Å². The molecular formula is C25H30N4O2. The fraction of sp³-hybridized carbons (Fsp3) is 0.400. The molecule has 1 amide bonds. The van der Waals surface area contributed by atoms with E-state index in [1.54, 1.807) is 7.11 Å². The van der Waals surface area contributed by atoms with E-state index in [1.165, 1.54) is 0 Å². The molecule has 0 saturated carbocycles. The van der Waals surface area contributed by atoms with Crippen molar-refractivity contribution in [3.63, 3.8) is 0 Å². The van der Waals surface area contributed by atoms with Gasteiger partial charge < -0.3 is 9.64 Å². The highest BCUT2D eigenvalue weighted by atomic mass is 16.5. The minimum absolute atomic E-state index is 0.00600. The first-order valence-electron chi connectivity index (χ1n) is 10.9. The molecule has 0 radical (unpaired) electrons. The number of carbonyl (C=O) groups excluding carboxylic acids is 1. The Balaban J connectivity index is 1.56. The number of nitrogens with zero attached hydrogens (tertiary/aromatic N) is 3. The molecule has 0 aliphatic carbocycles. The number of H-pyrrole nitrogens is 1. The molecule has 1 aliphatic rings. The van der Waals surface area contributed by atoms with Gasteiger partial charge in [-0.1, -0.05) is 26.0 Å². The second-order valence-electron chi connectivity index (χ2n) is 8.61. The van der Waals surface area contributed by atoms with Crippen LogP contribution in [-0.4, -0.2) is 46.2 Å². The lowest BCUT2D eigenvalue weighted by molar-refractivity contribution is 0.0700.